The van der Waals surface area contributed by atoms with E-state index < -0.39 is 5.41 Å². The number of hydrogen-bond donors (Lipinski definition) is 3. The third-order valence-corrected chi connectivity index (χ3v) is 7.11. The standard InChI is InChI=1S/C31H29NO3/c1-3-22-18-24(11-14-28(22)33)31(25-12-15-29(34)23(4-2)19-25)26-13-10-21(17-27(26)32-30(31)35)16-20-8-6-5-7-9-20/h5-15,17-19,33-34H,3-4,16H2,1-2H3,(H,32,35). The van der Waals surface area contributed by atoms with E-state index in [0.717, 1.165) is 45.5 Å². The van der Waals surface area contributed by atoms with Crippen LogP contribution in [0, 0.1) is 0 Å². The van der Waals surface area contributed by atoms with Crippen molar-refractivity contribution < 1.29 is 15.0 Å². The van der Waals surface area contributed by atoms with Crippen molar-refractivity contribution in [3.05, 3.63) is 124 Å². The Labute approximate surface area is 205 Å². The van der Waals surface area contributed by atoms with Crippen molar-refractivity contribution in [2.45, 2.75) is 38.5 Å². The molecule has 1 heterocycles. The van der Waals surface area contributed by atoms with Crippen LogP contribution < -0.4 is 5.32 Å². The number of amides is 1. The molecule has 0 aliphatic carbocycles. The first kappa shape index (κ1) is 22.7. The van der Waals surface area contributed by atoms with Crippen molar-refractivity contribution in [3.8, 4) is 11.5 Å². The van der Waals surface area contributed by atoms with Crippen molar-refractivity contribution >= 4 is 11.6 Å². The topological polar surface area (TPSA) is 69.6 Å². The zero-order chi connectivity index (χ0) is 24.6. The predicted octanol–water partition coefficient (Wildman–Crippen LogP) is 6.10. The maximum absolute atomic E-state index is 14.0. The molecule has 3 N–H and O–H groups in total. The molecule has 0 saturated heterocycles. The maximum atomic E-state index is 14.0. The van der Waals surface area contributed by atoms with Crippen molar-refractivity contribution in [3.63, 3.8) is 0 Å². The SMILES string of the molecule is CCc1cc(C2(c3ccc(O)c(CC)c3)C(=O)Nc3cc(Cc4ccccc4)ccc32)ccc1O. The third-order valence-electron chi connectivity index (χ3n) is 7.11. The summed E-state index contributed by atoms with van der Waals surface area (Å²) in [5.74, 6) is 0.316. The van der Waals surface area contributed by atoms with Crippen LogP contribution in [0.3, 0.4) is 0 Å². The summed E-state index contributed by atoms with van der Waals surface area (Å²) in [5.41, 5.74) is 6.08. The molecule has 0 fully saturated rings. The van der Waals surface area contributed by atoms with Gasteiger partial charge in [0.15, 0.2) is 0 Å². The highest BCUT2D eigenvalue weighted by molar-refractivity contribution is 6.11. The average molecular weight is 464 g/mol. The Kier molecular flexibility index (Phi) is 5.81. The van der Waals surface area contributed by atoms with E-state index in [0.29, 0.717) is 12.8 Å². The van der Waals surface area contributed by atoms with Gasteiger partial charge in [-0.2, -0.15) is 0 Å². The molecule has 0 unspecified atom stereocenters. The van der Waals surface area contributed by atoms with Gasteiger partial charge in [-0.1, -0.05) is 80.6 Å². The van der Waals surface area contributed by atoms with Crippen molar-refractivity contribution in [1.29, 1.82) is 0 Å². The number of carbonyl (C=O) groups excluding carboxylic acids is 1. The first-order valence-electron chi connectivity index (χ1n) is 12.1. The Morgan fingerprint density at radius 3 is 1.89 bits per heavy atom. The Morgan fingerprint density at radius 1 is 0.714 bits per heavy atom. The highest BCUT2D eigenvalue weighted by atomic mass is 16.3. The molecule has 0 atom stereocenters. The van der Waals surface area contributed by atoms with Gasteiger partial charge in [-0.25, -0.2) is 0 Å². The molecule has 0 bridgehead atoms. The van der Waals surface area contributed by atoms with Crippen LogP contribution in [0.15, 0.2) is 84.9 Å². The quantitative estimate of drug-likeness (QED) is 0.324. The number of hydrogen-bond acceptors (Lipinski definition) is 3. The lowest BCUT2D eigenvalue weighted by atomic mass is 9.69. The van der Waals surface area contributed by atoms with Gasteiger partial charge in [0, 0.05) is 11.3 Å². The summed E-state index contributed by atoms with van der Waals surface area (Å²) >= 11 is 0. The van der Waals surface area contributed by atoms with Gasteiger partial charge in [-0.3, -0.25) is 4.79 Å². The van der Waals surface area contributed by atoms with E-state index in [9.17, 15) is 15.0 Å². The van der Waals surface area contributed by atoms with Crippen LogP contribution in [0.5, 0.6) is 11.5 Å². The first-order valence-corrected chi connectivity index (χ1v) is 12.1. The predicted molar refractivity (Wildman–Crippen MR) is 139 cm³/mol. The molecule has 0 spiro atoms. The molecule has 176 valence electrons. The molecule has 35 heavy (non-hydrogen) atoms. The second kappa shape index (κ2) is 8.95. The van der Waals surface area contributed by atoms with Gasteiger partial charge < -0.3 is 15.5 Å². The molecule has 4 aromatic rings. The minimum atomic E-state index is -1.09. The smallest absolute Gasteiger partial charge is 0.244 e. The summed E-state index contributed by atoms with van der Waals surface area (Å²) in [6, 6.07) is 27.3. The number of phenols is 2. The Hall–Kier alpha value is -4.05. The van der Waals surface area contributed by atoms with E-state index in [-0.39, 0.29) is 17.4 Å². The Morgan fingerprint density at radius 2 is 1.31 bits per heavy atom. The summed E-state index contributed by atoms with van der Waals surface area (Å²) in [7, 11) is 0. The van der Waals surface area contributed by atoms with Gasteiger partial charge in [0.05, 0.1) is 0 Å². The summed E-state index contributed by atoms with van der Waals surface area (Å²) in [6.07, 6.45) is 2.07. The molecule has 5 rings (SSSR count). The molecule has 0 radical (unpaired) electrons. The summed E-state index contributed by atoms with van der Waals surface area (Å²) < 4.78 is 0. The monoisotopic (exact) mass is 463 g/mol. The Bertz CT molecular complexity index is 1350. The van der Waals surface area contributed by atoms with Gasteiger partial charge in [-0.05, 0) is 70.8 Å². The molecule has 4 heteroatoms. The second-order valence-electron chi connectivity index (χ2n) is 9.14. The number of anilines is 1. The lowest BCUT2D eigenvalue weighted by Gasteiger charge is -2.30. The number of rotatable bonds is 6. The van der Waals surface area contributed by atoms with Crippen LogP contribution in [0.2, 0.25) is 0 Å². The molecular weight excluding hydrogens is 434 g/mol. The zero-order valence-corrected chi connectivity index (χ0v) is 20.0. The zero-order valence-electron chi connectivity index (χ0n) is 20.0. The van der Waals surface area contributed by atoms with Crippen LogP contribution >= 0.6 is 0 Å². The second-order valence-corrected chi connectivity index (χ2v) is 9.14. The molecule has 1 aliphatic rings. The van der Waals surface area contributed by atoms with Gasteiger partial charge in [0.1, 0.15) is 16.9 Å². The molecular formula is C31H29NO3. The van der Waals surface area contributed by atoms with E-state index in [2.05, 4.69) is 29.6 Å². The molecule has 0 aromatic heterocycles. The number of nitrogens with one attached hydrogen (secondary N) is 1. The largest absolute Gasteiger partial charge is 0.508 e. The summed E-state index contributed by atoms with van der Waals surface area (Å²) in [4.78, 5) is 14.0. The third kappa shape index (κ3) is 3.75. The lowest BCUT2D eigenvalue weighted by molar-refractivity contribution is -0.118. The summed E-state index contributed by atoms with van der Waals surface area (Å²) in [6.45, 7) is 3.97. The number of fused-ring (bicyclic) bond motifs is 1. The molecule has 4 aromatic carbocycles. The average Bonchev–Trinajstić information content (AvgIpc) is 3.17. The van der Waals surface area contributed by atoms with E-state index in [1.54, 1.807) is 12.1 Å². The van der Waals surface area contributed by atoms with Gasteiger partial charge in [0.2, 0.25) is 5.91 Å². The van der Waals surface area contributed by atoms with E-state index in [1.807, 2.05) is 62.4 Å². The maximum Gasteiger partial charge on any atom is 0.244 e. The number of phenolic OH excluding ortho intramolecular Hbond substituents is 2. The number of aryl methyl sites for hydroxylation is 2. The van der Waals surface area contributed by atoms with E-state index in [1.165, 1.54) is 5.56 Å². The fourth-order valence-corrected chi connectivity index (χ4v) is 5.25. The van der Waals surface area contributed by atoms with Crippen LogP contribution in [-0.4, -0.2) is 16.1 Å². The lowest BCUT2D eigenvalue weighted by Crippen LogP contribution is -2.37. The van der Waals surface area contributed by atoms with Gasteiger partial charge in [-0.15, -0.1) is 0 Å². The fourth-order valence-electron chi connectivity index (χ4n) is 5.25. The van der Waals surface area contributed by atoms with Crippen LogP contribution in [0.1, 0.15) is 52.8 Å². The van der Waals surface area contributed by atoms with E-state index >= 15 is 0 Å². The minimum absolute atomic E-state index is 0.134. The van der Waals surface area contributed by atoms with Gasteiger partial charge in [0.25, 0.3) is 0 Å². The highest BCUT2D eigenvalue weighted by Gasteiger charge is 2.50. The first-order chi connectivity index (χ1) is 17.0. The van der Waals surface area contributed by atoms with Crippen molar-refractivity contribution in [2.24, 2.45) is 0 Å². The van der Waals surface area contributed by atoms with Crippen molar-refractivity contribution in [2.75, 3.05) is 5.32 Å². The van der Waals surface area contributed by atoms with Crippen molar-refractivity contribution in [1.82, 2.24) is 0 Å². The highest BCUT2D eigenvalue weighted by Crippen LogP contribution is 2.49. The Balaban J connectivity index is 1.72. The van der Waals surface area contributed by atoms with Gasteiger partial charge >= 0.3 is 0 Å². The van der Waals surface area contributed by atoms with Crippen LogP contribution in [0.4, 0.5) is 5.69 Å². The molecule has 1 aliphatic heterocycles. The van der Waals surface area contributed by atoms with E-state index in [4.69, 9.17) is 0 Å². The molecule has 1 amide bonds. The minimum Gasteiger partial charge on any atom is -0.508 e. The molecule has 0 saturated carbocycles. The number of aromatic hydroxyl groups is 2. The normalized spacial score (nSPS) is 13.9. The number of benzene rings is 4. The van der Waals surface area contributed by atoms with Crippen LogP contribution in [-0.2, 0) is 29.5 Å². The summed E-state index contributed by atoms with van der Waals surface area (Å²) in [5, 5.41) is 23.9. The van der Waals surface area contributed by atoms with Crippen LogP contribution in [0.25, 0.3) is 0 Å². The fraction of sp³-hybridized carbons (Fsp3) is 0.194. The molecule has 4 nitrogen and oxygen atoms in total. The number of carbonyl (C=O) groups is 1.